The van der Waals surface area contributed by atoms with E-state index in [1.54, 1.807) is 25.4 Å². The van der Waals surface area contributed by atoms with Gasteiger partial charge < -0.3 is 40.0 Å². The van der Waals surface area contributed by atoms with E-state index >= 15 is 0 Å². The molecular formula is C36H51N5O9. The minimum Gasteiger partial charge on any atom is -0.459 e. The fourth-order valence-corrected chi connectivity index (χ4v) is 6.86. The van der Waals surface area contributed by atoms with Gasteiger partial charge in [-0.2, -0.15) is 0 Å². The lowest BCUT2D eigenvalue weighted by Crippen LogP contribution is -2.55. The van der Waals surface area contributed by atoms with Crippen LogP contribution in [-0.4, -0.2) is 105 Å². The molecule has 1 aliphatic carbocycles. The molecule has 1 saturated carbocycles. The molecule has 9 atom stereocenters. The highest BCUT2D eigenvalue weighted by atomic mass is 16.6. The molecule has 1 spiro atoms. The number of amides is 3. The fourth-order valence-electron chi connectivity index (χ4n) is 6.86. The average molecular weight is 698 g/mol. The number of carbonyl (C=O) groups excluding carboxylic acids is 4. The molecule has 3 amide bonds. The molecule has 3 aliphatic heterocycles. The van der Waals surface area contributed by atoms with Crippen molar-refractivity contribution >= 4 is 23.8 Å². The molecule has 4 aliphatic rings. The first-order chi connectivity index (χ1) is 23.8. The van der Waals surface area contributed by atoms with Gasteiger partial charge in [-0.3, -0.25) is 19.0 Å². The summed E-state index contributed by atoms with van der Waals surface area (Å²) in [5, 5.41) is 20.0. The van der Waals surface area contributed by atoms with Gasteiger partial charge in [0.05, 0.1) is 37.4 Å². The first-order valence-electron chi connectivity index (χ1n) is 17.5. The summed E-state index contributed by atoms with van der Waals surface area (Å²) in [6, 6.07) is -0.415. The van der Waals surface area contributed by atoms with Crippen LogP contribution in [0.15, 0.2) is 54.7 Å². The first-order valence-corrected chi connectivity index (χ1v) is 17.5. The lowest BCUT2D eigenvalue weighted by Gasteiger charge is -2.39. The number of aliphatic hydroxyl groups is 1. The zero-order valence-corrected chi connectivity index (χ0v) is 29.4. The molecule has 1 unspecified atom stereocenters. The molecule has 1 aromatic rings. The number of nitrogens with one attached hydrogen (secondary N) is 3. The van der Waals surface area contributed by atoms with E-state index in [0.717, 1.165) is 12.0 Å². The molecule has 4 N–H and O–H groups in total. The number of aromatic nitrogens is 2. The number of carbonyl (C=O) groups is 4. The summed E-state index contributed by atoms with van der Waals surface area (Å²) in [6.45, 7) is 9.48. The minimum atomic E-state index is -0.841. The molecule has 50 heavy (non-hydrogen) atoms. The minimum absolute atomic E-state index is 0.00956. The molecule has 0 radical (unpaired) electrons. The SMILES string of the molecule is CC(=O)O[C@@H](C)/C=C\C(=O)N[C@@H]1C[C@H](C)[C@H](C/C=C(C)/C=C/[C@H]2OC(CC(=O)NC3CC(NC(=O)n4ccnc4)C3)C[C@@]3(CO3)[C@@H]2O)O[C@@H]1C. The van der Waals surface area contributed by atoms with Crippen LogP contribution in [0.3, 0.4) is 0 Å². The highest BCUT2D eigenvalue weighted by molar-refractivity contribution is 5.87. The van der Waals surface area contributed by atoms with E-state index in [1.165, 1.54) is 23.9 Å². The van der Waals surface area contributed by atoms with Crippen molar-refractivity contribution in [2.75, 3.05) is 6.61 Å². The van der Waals surface area contributed by atoms with Crippen LogP contribution >= 0.6 is 0 Å². The van der Waals surface area contributed by atoms with Gasteiger partial charge >= 0.3 is 12.0 Å². The summed E-state index contributed by atoms with van der Waals surface area (Å²) in [7, 11) is 0. The lowest BCUT2D eigenvalue weighted by molar-refractivity contribution is -0.146. The average Bonchev–Trinajstić information content (AvgIpc) is 3.57. The van der Waals surface area contributed by atoms with Gasteiger partial charge in [0, 0.05) is 43.9 Å². The molecule has 4 fully saturated rings. The summed E-state index contributed by atoms with van der Waals surface area (Å²) in [6.07, 6.45) is 14.1. The third kappa shape index (κ3) is 10.1. The van der Waals surface area contributed by atoms with Crippen molar-refractivity contribution in [1.82, 2.24) is 25.5 Å². The third-order valence-corrected chi connectivity index (χ3v) is 9.91. The Labute approximate surface area is 293 Å². The quantitative estimate of drug-likeness (QED) is 0.110. The fraction of sp³-hybridized carbons (Fsp3) is 0.639. The van der Waals surface area contributed by atoms with Gasteiger partial charge in [-0.25, -0.2) is 9.78 Å². The number of nitrogens with zero attached hydrogens (tertiary/aromatic N) is 2. The van der Waals surface area contributed by atoms with E-state index in [9.17, 15) is 24.3 Å². The summed E-state index contributed by atoms with van der Waals surface area (Å²) in [5.74, 6) is -0.596. The number of hydrogen-bond donors (Lipinski definition) is 4. The summed E-state index contributed by atoms with van der Waals surface area (Å²) in [5.41, 5.74) is 0.288. The molecule has 5 rings (SSSR count). The molecule has 14 heteroatoms. The number of esters is 1. The predicted octanol–water partition coefficient (Wildman–Crippen LogP) is 2.46. The Bertz CT molecular complexity index is 1450. The Morgan fingerprint density at radius 1 is 1.08 bits per heavy atom. The summed E-state index contributed by atoms with van der Waals surface area (Å²) >= 11 is 0. The van der Waals surface area contributed by atoms with Crippen molar-refractivity contribution < 1.29 is 43.2 Å². The number of epoxide rings is 1. The topological polar surface area (TPSA) is 183 Å². The maximum Gasteiger partial charge on any atom is 0.327 e. The Morgan fingerprint density at radius 3 is 2.50 bits per heavy atom. The van der Waals surface area contributed by atoms with Crippen LogP contribution in [0, 0.1) is 5.92 Å². The third-order valence-electron chi connectivity index (χ3n) is 9.91. The smallest absolute Gasteiger partial charge is 0.327 e. The predicted molar refractivity (Wildman–Crippen MR) is 182 cm³/mol. The van der Waals surface area contributed by atoms with Crippen molar-refractivity contribution in [2.24, 2.45) is 5.92 Å². The second kappa shape index (κ2) is 16.4. The van der Waals surface area contributed by atoms with E-state index in [2.05, 4.69) is 33.9 Å². The Morgan fingerprint density at radius 2 is 1.82 bits per heavy atom. The Kier molecular flexibility index (Phi) is 12.3. The highest BCUT2D eigenvalue weighted by Crippen LogP contribution is 2.43. The Hall–Kier alpha value is -3.85. The number of allylic oxidation sites excluding steroid dienone is 2. The second-order valence-corrected chi connectivity index (χ2v) is 14.2. The number of hydrogen-bond acceptors (Lipinski definition) is 10. The van der Waals surface area contributed by atoms with E-state index in [0.29, 0.717) is 32.3 Å². The number of aliphatic hydroxyl groups excluding tert-OH is 1. The van der Waals surface area contributed by atoms with Crippen molar-refractivity contribution in [3.05, 3.63) is 54.7 Å². The summed E-state index contributed by atoms with van der Waals surface area (Å²) in [4.78, 5) is 52.5. The van der Waals surface area contributed by atoms with Crippen LogP contribution < -0.4 is 16.0 Å². The molecule has 0 bridgehead atoms. The molecule has 0 aromatic carbocycles. The molecule has 274 valence electrons. The van der Waals surface area contributed by atoms with Gasteiger partial charge in [0.25, 0.3) is 0 Å². The Balaban J connectivity index is 1.05. The summed E-state index contributed by atoms with van der Waals surface area (Å²) < 4.78 is 24.6. The second-order valence-electron chi connectivity index (χ2n) is 14.2. The van der Waals surface area contributed by atoms with E-state index in [-0.39, 0.29) is 60.5 Å². The van der Waals surface area contributed by atoms with Crippen molar-refractivity contribution in [3.8, 4) is 0 Å². The van der Waals surface area contributed by atoms with Gasteiger partial charge in [0.15, 0.2) is 0 Å². The van der Waals surface area contributed by atoms with Crippen LogP contribution in [0.5, 0.6) is 0 Å². The normalized spacial score (nSPS) is 34.6. The van der Waals surface area contributed by atoms with Crippen LogP contribution in [0.1, 0.15) is 73.1 Å². The maximum atomic E-state index is 12.9. The first kappa shape index (κ1) is 37.4. The van der Waals surface area contributed by atoms with Crippen molar-refractivity contribution in [1.29, 1.82) is 0 Å². The van der Waals surface area contributed by atoms with E-state index in [1.807, 2.05) is 26.0 Å². The monoisotopic (exact) mass is 697 g/mol. The lowest BCUT2D eigenvalue weighted by atomic mass is 9.85. The van der Waals surface area contributed by atoms with E-state index in [4.69, 9.17) is 18.9 Å². The highest BCUT2D eigenvalue weighted by Gasteiger charge is 2.58. The van der Waals surface area contributed by atoms with Crippen LogP contribution in [-0.2, 0) is 33.3 Å². The van der Waals surface area contributed by atoms with Crippen molar-refractivity contribution in [2.45, 2.75) is 133 Å². The van der Waals surface area contributed by atoms with Crippen LogP contribution in [0.4, 0.5) is 4.79 Å². The zero-order chi connectivity index (χ0) is 36.0. The van der Waals surface area contributed by atoms with Gasteiger partial charge in [0.1, 0.15) is 30.2 Å². The van der Waals surface area contributed by atoms with Crippen LogP contribution in [0.2, 0.25) is 0 Å². The number of imidazole rings is 1. The zero-order valence-electron chi connectivity index (χ0n) is 29.4. The van der Waals surface area contributed by atoms with E-state index < -0.39 is 36.0 Å². The molecule has 4 heterocycles. The largest absolute Gasteiger partial charge is 0.459 e. The van der Waals surface area contributed by atoms with Gasteiger partial charge in [-0.05, 0) is 58.4 Å². The molecule has 1 aromatic heterocycles. The number of ether oxygens (including phenoxy) is 4. The van der Waals surface area contributed by atoms with Gasteiger partial charge in [-0.15, -0.1) is 0 Å². The van der Waals surface area contributed by atoms with Crippen molar-refractivity contribution in [3.63, 3.8) is 0 Å². The molecule has 3 saturated heterocycles. The molecular weight excluding hydrogens is 646 g/mol. The van der Waals surface area contributed by atoms with Gasteiger partial charge in [0.2, 0.25) is 11.8 Å². The van der Waals surface area contributed by atoms with Gasteiger partial charge in [-0.1, -0.05) is 30.7 Å². The van der Waals surface area contributed by atoms with Crippen LogP contribution in [0.25, 0.3) is 0 Å². The maximum absolute atomic E-state index is 12.9. The standard InChI is InChI=1S/C36H51N5O9/c1-21(6-9-30-22(2)14-29(24(4)49-30)40-32(43)11-8-23(3)48-25(5)42)7-10-31-34(45)36(19-47-36)18-28(50-31)17-33(44)38-26-15-27(16-26)39-35(46)41-13-12-37-20-41/h6-8,10-13,20,22-24,26-31,34,45H,9,14-19H2,1-5H3,(H,38,44)(H,39,46)(H,40,43)/b10-7+,11-8-,21-6+/t22-,23-,24+,26?,27?,28?,29+,30-,31+,34+,36+/m0/s1. The number of rotatable bonds is 12. The molecule has 14 nitrogen and oxygen atoms in total.